The highest BCUT2D eigenvalue weighted by atomic mass is 35.5. The number of nitrogens with zero attached hydrogens (tertiary/aromatic N) is 4. The van der Waals surface area contributed by atoms with Crippen molar-refractivity contribution in [2.45, 2.75) is 26.4 Å². The van der Waals surface area contributed by atoms with Crippen LogP contribution in [0.25, 0.3) is 11.6 Å². The van der Waals surface area contributed by atoms with Crippen molar-refractivity contribution in [3.05, 3.63) is 53.0 Å². The maximum absolute atomic E-state index is 6.26. The average Bonchev–Trinajstić information content (AvgIpc) is 2.59. The molecule has 0 bridgehead atoms. The first kappa shape index (κ1) is 18.4. The number of rotatable bonds is 4. The molecule has 1 aromatic carbocycles. The van der Waals surface area contributed by atoms with E-state index in [1.54, 1.807) is 30.6 Å². The van der Waals surface area contributed by atoms with Crippen molar-refractivity contribution in [1.29, 1.82) is 0 Å². The lowest BCUT2D eigenvalue weighted by atomic mass is 10.2. The third kappa shape index (κ3) is 4.39. The van der Waals surface area contributed by atoms with E-state index in [-0.39, 0.29) is 21.9 Å². The number of halogens is 2. The number of benzene rings is 1. The first-order valence-corrected chi connectivity index (χ1v) is 8.55. The summed E-state index contributed by atoms with van der Waals surface area (Å²) in [6, 6.07) is 8.91. The van der Waals surface area contributed by atoms with E-state index < -0.39 is 5.60 Å². The predicted molar refractivity (Wildman–Crippen MR) is 100.0 cm³/mol. The van der Waals surface area contributed by atoms with Gasteiger partial charge in [-0.05, 0) is 39.0 Å². The van der Waals surface area contributed by atoms with Crippen molar-refractivity contribution in [3.8, 4) is 28.9 Å². The van der Waals surface area contributed by atoms with Gasteiger partial charge in [0.2, 0.25) is 11.6 Å². The molecule has 6 nitrogen and oxygen atoms in total. The van der Waals surface area contributed by atoms with E-state index in [4.69, 9.17) is 32.7 Å². The van der Waals surface area contributed by atoms with Crippen molar-refractivity contribution in [3.63, 3.8) is 0 Å². The van der Waals surface area contributed by atoms with Crippen molar-refractivity contribution in [2.75, 3.05) is 0 Å². The highest BCUT2D eigenvalue weighted by molar-refractivity contribution is 6.35. The predicted octanol–water partition coefficient (Wildman–Crippen LogP) is 5.21. The molecule has 0 fully saturated rings. The number of hydrogen-bond acceptors (Lipinski definition) is 6. The van der Waals surface area contributed by atoms with Crippen molar-refractivity contribution >= 4 is 23.2 Å². The molecule has 0 saturated heterocycles. The van der Waals surface area contributed by atoms with Gasteiger partial charge in [-0.3, -0.25) is 0 Å². The lowest BCUT2D eigenvalue weighted by Gasteiger charge is -2.23. The molecule has 0 N–H and O–H groups in total. The summed E-state index contributed by atoms with van der Waals surface area (Å²) in [5.41, 5.74) is -0.391. The lowest BCUT2D eigenvalue weighted by Crippen LogP contribution is -2.23. The number of aromatic nitrogens is 4. The SMILES string of the molecule is CC(C)(C)Oc1ccccc1Oc1c(Cl)nc(-c2ncccn2)nc1Cl. The molecule has 0 unspecified atom stereocenters. The fraction of sp³-hybridized carbons (Fsp3) is 0.222. The zero-order chi connectivity index (χ0) is 18.7. The Morgan fingerprint density at radius 2 is 1.38 bits per heavy atom. The van der Waals surface area contributed by atoms with Crippen LogP contribution in [0, 0.1) is 0 Å². The van der Waals surface area contributed by atoms with Gasteiger partial charge in [0.25, 0.3) is 0 Å². The Hall–Kier alpha value is -2.44. The Labute approximate surface area is 161 Å². The minimum atomic E-state index is -0.391. The number of para-hydroxylation sites is 2. The topological polar surface area (TPSA) is 70.0 Å². The van der Waals surface area contributed by atoms with Crippen molar-refractivity contribution in [2.24, 2.45) is 0 Å². The van der Waals surface area contributed by atoms with Gasteiger partial charge < -0.3 is 9.47 Å². The van der Waals surface area contributed by atoms with Gasteiger partial charge in [-0.2, -0.15) is 0 Å². The normalized spacial score (nSPS) is 11.3. The van der Waals surface area contributed by atoms with Gasteiger partial charge in [-0.1, -0.05) is 35.3 Å². The minimum Gasteiger partial charge on any atom is -0.484 e. The first-order valence-electron chi connectivity index (χ1n) is 7.80. The van der Waals surface area contributed by atoms with Gasteiger partial charge in [0.15, 0.2) is 27.6 Å². The summed E-state index contributed by atoms with van der Waals surface area (Å²) in [6.45, 7) is 5.84. The molecule has 0 spiro atoms. The third-order valence-corrected chi connectivity index (χ3v) is 3.54. The van der Waals surface area contributed by atoms with Crippen LogP contribution in [-0.4, -0.2) is 25.5 Å². The molecule has 2 heterocycles. The summed E-state index contributed by atoms with van der Waals surface area (Å²) in [6.07, 6.45) is 3.16. The monoisotopic (exact) mass is 390 g/mol. The summed E-state index contributed by atoms with van der Waals surface area (Å²) < 4.78 is 11.8. The molecule has 134 valence electrons. The lowest BCUT2D eigenvalue weighted by molar-refractivity contribution is 0.126. The number of ether oxygens (including phenoxy) is 2. The molecule has 0 aliphatic rings. The van der Waals surface area contributed by atoms with Crippen LogP contribution >= 0.6 is 23.2 Å². The molecule has 0 atom stereocenters. The average molecular weight is 391 g/mol. The van der Waals surface area contributed by atoms with Crippen LogP contribution in [0.3, 0.4) is 0 Å². The largest absolute Gasteiger partial charge is 0.484 e. The molecule has 0 amide bonds. The van der Waals surface area contributed by atoms with Crippen molar-refractivity contribution in [1.82, 2.24) is 19.9 Å². The van der Waals surface area contributed by atoms with Gasteiger partial charge in [0, 0.05) is 12.4 Å². The van der Waals surface area contributed by atoms with E-state index >= 15 is 0 Å². The minimum absolute atomic E-state index is 0.0537. The number of hydrogen-bond donors (Lipinski definition) is 0. The van der Waals surface area contributed by atoms with Crippen LogP contribution in [0.1, 0.15) is 20.8 Å². The maximum atomic E-state index is 6.26. The van der Waals surface area contributed by atoms with Crippen LogP contribution in [0.15, 0.2) is 42.7 Å². The van der Waals surface area contributed by atoms with E-state index in [0.717, 1.165) is 0 Å². The summed E-state index contributed by atoms with van der Waals surface area (Å²) in [4.78, 5) is 16.5. The molecule has 0 saturated carbocycles. The second-order valence-electron chi connectivity index (χ2n) is 6.29. The third-order valence-electron chi connectivity index (χ3n) is 3.03. The summed E-state index contributed by atoms with van der Waals surface area (Å²) in [5, 5.41) is 0.107. The van der Waals surface area contributed by atoms with Gasteiger partial charge in [-0.15, -0.1) is 0 Å². The molecule has 0 aliphatic carbocycles. The van der Waals surface area contributed by atoms with Crippen molar-refractivity contribution < 1.29 is 9.47 Å². The Balaban J connectivity index is 1.95. The van der Waals surface area contributed by atoms with E-state index in [9.17, 15) is 0 Å². The zero-order valence-electron chi connectivity index (χ0n) is 14.4. The van der Waals surface area contributed by atoms with E-state index in [1.807, 2.05) is 32.9 Å². The standard InChI is InChI=1S/C18H16Cl2N4O2/c1-18(2,3)26-12-8-5-4-7-11(12)25-13-14(19)23-17(24-15(13)20)16-21-9-6-10-22-16/h4-10H,1-3H3. The quantitative estimate of drug-likeness (QED) is 0.569. The van der Waals surface area contributed by atoms with E-state index in [1.165, 1.54) is 0 Å². The van der Waals surface area contributed by atoms with Crippen LogP contribution in [0.4, 0.5) is 0 Å². The Bertz CT molecular complexity index is 892. The van der Waals surface area contributed by atoms with Crippen LogP contribution in [-0.2, 0) is 0 Å². The highest BCUT2D eigenvalue weighted by Crippen LogP contribution is 2.39. The van der Waals surface area contributed by atoms with Gasteiger partial charge in [-0.25, -0.2) is 19.9 Å². The van der Waals surface area contributed by atoms with Gasteiger partial charge in [0.1, 0.15) is 5.60 Å². The molecule has 0 radical (unpaired) electrons. The molecule has 3 aromatic rings. The van der Waals surface area contributed by atoms with Gasteiger partial charge >= 0.3 is 0 Å². The molecular formula is C18H16Cl2N4O2. The molecule has 0 aliphatic heterocycles. The fourth-order valence-electron chi connectivity index (χ4n) is 2.06. The van der Waals surface area contributed by atoms with Crippen LogP contribution in [0.2, 0.25) is 10.3 Å². The van der Waals surface area contributed by atoms with E-state index in [0.29, 0.717) is 17.3 Å². The Morgan fingerprint density at radius 3 is 1.96 bits per heavy atom. The molecule has 3 rings (SSSR count). The second-order valence-corrected chi connectivity index (χ2v) is 7.01. The maximum Gasteiger partial charge on any atom is 0.202 e. The molecular weight excluding hydrogens is 375 g/mol. The van der Waals surface area contributed by atoms with Gasteiger partial charge in [0.05, 0.1) is 0 Å². The van der Waals surface area contributed by atoms with Crippen LogP contribution in [0.5, 0.6) is 17.2 Å². The molecule has 8 heteroatoms. The molecule has 2 aromatic heterocycles. The summed E-state index contributed by atoms with van der Waals surface area (Å²) >= 11 is 12.5. The summed E-state index contributed by atoms with van der Waals surface area (Å²) in [7, 11) is 0. The first-order chi connectivity index (χ1) is 12.3. The summed E-state index contributed by atoms with van der Waals surface area (Å²) in [5.74, 6) is 1.69. The van der Waals surface area contributed by atoms with E-state index in [2.05, 4.69) is 19.9 Å². The Kier molecular flexibility index (Phi) is 5.25. The second kappa shape index (κ2) is 7.43. The van der Waals surface area contributed by atoms with Crippen LogP contribution < -0.4 is 9.47 Å². The smallest absolute Gasteiger partial charge is 0.202 e. The highest BCUT2D eigenvalue weighted by Gasteiger charge is 2.20. The molecule has 26 heavy (non-hydrogen) atoms. The fourth-order valence-corrected chi connectivity index (χ4v) is 2.52. The zero-order valence-corrected chi connectivity index (χ0v) is 15.9. The Morgan fingerprint density at radius 1 is 0.808 bits per heavy atom.